The third kappa shape index (κ3) is 49.7. The zero-order chi connectivity index (χ0) is 43.9. The summed E-state index contributed by atoms with van der Waals surface area (Å²) in [6.45, 7) is 4.35. The fraction of sp³-hybridized carbons (Fsp3) is 0.980. The summed E-state index contributed by atoms with van der Waals surface area (Å²) in [5.74, 6) is -0.413. The zero-order valence-electron chi connectivity index (χ0n) is 39.2. The van der Waals surface area contributed by atoms with Gasteiger partial charge in [0.1, 0.15) is 0 Å². The summed E-state index contributed by atoms with van der Waals surface area (Å²) in [5, 5.41) is 52.6. The first-order valence-corrected chi connectivity index (χ1v) is 25.6. The van der Waals surface area contributed by atoms with E-state index in [0.29, 0.717) is 19.4 Å². The maximum atomic E-state index is 10.6. The second-order valence-electron chi connectivity index (χ2n) is 17.8. The minimum Gasteiger partial charge on any atom is -0.396 e. The molecule has 356 valence electrons. The summed E-state index contributed by atoms with van der Waals surface area (Å²) in [6.07, 6.45) is 48.6. The minimum atomic E-state index is -1.12. The van der Waals surface area contributed by atoms with E-state index in [-0.39, 0.29) is 24.5 Å². The molecule has 1 rings (SSSR count). The largest absolute Gasteiger partial charge is 0.396 e. The van der Waals surface area contributed by atoms with Crippen LogP contribution < -0.4 is 5.73 Å². The van der Waals surface area contributed by atoms with Crippen molar-refractivity contribution >= 4 is 5.91 Å². The molecule has 0 aromatic heterocycles. The number of hydrogen-bond donors (Lipinski definition) is 7. The Balaban J connectivity index is 0. The topological polar surface area (TPSA) is 174 Å². The normalized spacial score (nSPS) is 16.8. The molecule has 4 atom stereocenters. The van der Waals surface area contributed by atoms with E-state index in [1.165, 1.54) is 218 Å². The molecule has 1 aliphatic carbocycles. The lowest BCUT2D eigenvalue weighted by molar-refractivity contribution is -0.129. The Morgan fingerprint density at radius 2 is 0.763 bits per heavy atom. The first-order chi connectivity index (χ1) is 28.7. The van der Waals surface area contributed by atoms with Crippen molar-refractivity contribution in [2.24, 2.45) is 11.7 Å². The van der Waals surface area contributed by atoms with Gasteiger partial charge in [0, 0.05) is 12.3 Å². The Labute approximate surface area is 365 Å². The number of hydrogen-bond acceptors (Lipinski definition) is 8. The molecule has 0 spiro atoms. The predicted molar refractivity (Wildman–Crippen MR) is 248 cm³/mol. The summed E-state index contributed by atoms with van der Waals surface area (Å²) in [4.78, 5) is 10.6. The van der Waals surface area contributed by atoms with Crippen molar-refractivity contribution < 1.29 is 40.2 Å². The number of unbranched alkanes of at least 4 members (excludes halogenated alkanes) is 34. The fourth-order valence-corrected chi connectivity index (χ4v) is 7.57. The van der Waals surface area contributed by atoms with Gasteiger partial charge >= 0.3 is 0 Å². The molecule has 9 nitrogen and oxygen atoms in total. The van der Waals surface area contributed by atoms with Crippen LogP contribution in [-0.2, 0) is 9.53 Å². The number of ether oxygens (including phenoxy) is 1. The number of nitrogens with two attached hydrogens (primary N) is 1. The van der Waals surface area contributed by atoms with Crippen LogP contribution in [0.3, 0.4) is 0 Å². The van der Waals surface area contributed by atoms with E-state index in [1.54, 1.807) is 0 Å². The van der Waals surface area contributed by atoms with Crippen LogP contribution in [0.1, 0.15) is 264 Å². The molecule has 9 heteroatoms. The Morgan fingerprint density at radius 3 is 1.00 bits per heavy atom. The van der Waals surface area contributed by atoms with E-state index in [2.05, 4.69) is 13.8 Å². The van der Waals surface area contributed by atoms with Crippen LogP contribution in [0.4, 0.5) is 0 Å². The molecule has 0 heterocycles. The van der Waals surface area contributed by atoms with Crippen LogP contribution in [0, 0.1) is 5.92 Å². The van der Waals surface area contributed by atoms with E-state index in [4.69, 9.17) is 36.0 Å². The number of carbonyl (C=O) groups excluding carboxylic acids is 1. The number of amides is 1. The summed E-state index contributed by atoms with van der Waals surface area (Å²) in [5.41, 5.74) is 5.15. The van der Waals surface area contributed by atoms with Gasteiger partial charge in [-0.05, 0) is 19.3 Å². The highest BCUT2D eigenvalue weighted by Crippen LogP contribution is 2.29. The monoisotopic (exact) mass is 846 g/mol. The molecule has 1 amide bonds. The van der Waals surface area contributed by atoms with E-state index < -0.39 is 25.1 Å². The van der Waals surface area contributed by atoms with Crippen LogP contribution in [0.5, 0.6) is 0 Å². The lowest BCUT2D eigenvalue weighted by atomic mass is 10.0. The molecular weight excluding hydrogens is 743 g/mol. The van der Waals surface area contributed by atoms with Crippen molar-refractivity contribution in [3.8, 4) is 0 Å². The highest BCUT2D eigenvalue weighted by atomic mass is 16.6. The second kappa shape index (κ2) is 49.8. The molecule has 1 fully saturated rings. The Kier molecular flexibility index (Phi) is 50.9. The van der Waals surface area contributed by atoms with Gasteiger partial charge in [0.15, 0.2) is 6.29 Å². The molecule has 1 aliphatic rings. The highest BCUT2D eigenvalue weighted by Gasteiger charge is 2.47. The molecule has 0 radical (unpaired) electrons. The Hall–Kier alpha value is -0.810. The summed E-state index contributed by atoms with van der Waals surface area (Å²) >= 11 is 0. The van der Waals surface area contributed by atoms with Gasteiger partial charge in [0.05, 0.1) is 38.1 Å². The summed E-state index contributed by atoms with van der Waals surface area (Å²) < 4.78 is 4.93. The van der Waals surface area contributed by atoms with Crippen LogP contribution in [0.15, 0.2) is 0 Å². The molecule has 0 bridgehead atoms. The average Bonchev–Trinajstić information content (AvgIpc) is 3.82. The van der Waals surface area contributed by atoms with Crippen molar-refractivity contribution in [3.05, 3.63) is 0 Å². The molecular formula is C50H103NO8. The van der Waals surface area contributed by atoms with Crippen molar-refractivity contribution in [3.63, 3.8) is 0 Å². The first kappa shape index (κ1) is 60.3. The number of aliphatic hydroxyl groups excluding tert-OH is 6. The fourth-order valence-electron chi connectivity index (χ4n) is 7.57. The van der Waals surface area contributed by atoms with Crippen LogP contribution in [-0.4, -0.2) is 81.0 Å². The van der Waals surface area contributed by atoms with Gasteiger partial charge in [-0.3, -0.25) is 4.79 Å². The number of aliphatic hydroxyl groups is 6. The molecule has 0 aromatic carbocycles. The van der Waals surface area contributed by atoms with Crippen molar-refractivity contribution in [1.82, 2.24) is 0 Å². The van der Waals surface area contributed by atoms with Crippen molar-refractivity contribution in [2.45, 2.75) is 289 Å². The maximum absolute atomic E-state index is 10.6. The molecule has 0 saturated heterocycles. The molecule has 1 saturated carbocycles. The van der Waals surface area contributed by atoms with Gasteiger partial charge in [0.25, 0.3) is 0 Å². The quantitative estimate of drug-likeness (QED) is 0.0234. The lowest BCUT2D eigenvalue weighted by Gasteiger charge is -2.12. The van der Waals surface area contributed by atoms with Gasteiger partial charge < -0.3 is 41.1 Å². The van der Waals surface area contributed by atoms with Gasteiger partial charge in [-0.15, -0.1) is 0 Å². The Morgan fingerprint density at radius 1 is 0.475 bits per heavy atom. The second-order valence-corrected chi connectivity index (χ2v) is 17.8. The summed E-state index contributed by atoms with van der Waals surface area (Å²) in [7, 11) is 0. The third-order valence-corrected chi connectivity index (χ3v) is 11.9. The van der Waals surface area contributed by atoms with E-state index in [0.717, 1.165) is 19.3 Å². The molecule has 8 N–H and O–H groups in total. The smallest absolute Gasteiger partial charge is 0.217 e. The first-order valence-electron chi connectivity index (χ1n) is 25.6. The molecule has 59 heavy (non-hydrogen) atoms. The zero-order valence-corrected chi connectivity index (χ0v) is 39.2. The van der Waals surface area contributed by atoms with Crippen molar-refractivity contribution in [1.29, 1.82) is 0 Å². The molecule has 0 aromatic rings. The average molecular weight is 846 g/mol. The van der Waals surface area contributed by atoms with Gasteiger partial charge in [0.2, 0.25) is 5.91 Å². The van der Waals surface area contributed by atoms with Gasteiger partial charge in [-0.1, -0.05) is 239 Å². The number of carbonyl (C=O) groups is 1. The highest BCUT2D eigenvalue weighted by molar-refractivity contribution is 5.73. The van der Waals surface area contributed by atoms with Gasteiger partial charge in [-0.25, -0.2) is 0 Å². The lowest BCUT2D eigenvalue weighted by Crippen LogP contribution is -2.19. The van der Waals surface area contributed by atoms with E-state index in [9.17, 15) is 9.90 Å². The number of primary amides is 1. The predicted octanol–water partition coefficient (Wildman–Crippen LogP) is 11.7. The number of rotatable bonds is 44. The van der Waals surface area contributed by atoms with E-state index >= 15 is 0 Å². The maximum Gasteiger partial charge on any atom is 0.217 e. The minimum absolute atomic E-state index is 0.109. The van der Waals surface area contributed by atoms with Crippen molar-refractivity contribution in [2.75, 3.05) is 19.8 Å². The molecule has 0 aliphatic heterocycles. The van der Waals surface area contributed by atoms with Crippen LogP contribution in [0.2, 0.25) is 0 Å². The Bertz CT molecular complexity index is 797. The molecule has 4 unspecified atom stereocenters. The van der Waals surface area contributed by atoms with Gasteiger partial charge in [-0.2, -0.15) is 0 Å². The third-order valence-electron chi connectivity index (χ3n) is 11.9. The standard InChI is InChI=1S/C26H53NO.C20H42O4.C4H8O3/c1-2-3-4-5-6-7-8-9-10-11-12-13-14-15-16-17-18-19-20-21-22-23-24-25-26(27)28;1-2-3-4-5-6-7-8-9-10-11-12-13-14-15-19(22)16-17-24-20(23)18-21;5-1-2-3(6)4(2)7/h2-25H2,1H3,(H2,27,28);19-23H,2-18H2,1H3;2-7H,1H2. The summed E-state index contributed by atoms with van der Waals surface area (Å²) in [6, 6.07) is 0. The SMILES string of the molecule is CCCCCCCCCCCCCCCC(O)CCOC(O)CO.CCCCCCCCCCCCCCCCCCCCCCCCCC(N)=O.OCC1C(O)C1O. The van der Waals surface area contributed by atoms with Crippen LogP contribution in [0.25, 0.3) is 0 Å². The van der Waals surface area contributed by atoms with Crippen LogP contribution >= 0.6 is 0 Å². The van der Waals surface area contributed by atoms with E-state index in [1.807, 2.05) is 0 Å².